The lowest BCUT2D eigenvalue weighted by Gasteiger charge is -2.16. The summed E-state index contributed by atoms with van der Waals surface area (Å²) in [6.45, 7) is 1.72. The van der Waals surface area contributed by atoms with Crippen LogP contribution in [0.3, 0.4) is 0 Å². The van der Waals surface area contributed by atoms with Gasteiger partial charge in [-0.15, -0.1) is 0 Å². The molecule has 30 heavy (non-hydrogen) atoms. The minimum absolute atomic E-state index is 0.0904. The molecule has 0 heterocycles. The Kier molecular flexibility index (Phi) is 7.73. The van der Waals surface area contributed by atoms with Gasteiger partial charge in [-0.3, -0.25) is 9.59 Å². The van der Waals surface area contributed by atoms with Gasteiger partial charge in [-0.2, -0.15) is 5.10 Å². The molecule has 3 rings (SSSR count). The lowest BCUT2D eigenvalue weighted by atomic mass is 9.91. The van der Waals surface area contributed by atoms with Crippen LogP contribution < -0.4 is 10.7 Å². The molecule has 2 amide bonds. The van der Waals surface area contributed by atoms with Gasteiger partial charge in [0.2, 0.25) is 5.91 Å². The second kappa shape index (κ2) is 10.7. The number of hydrogen-bond donors (Lipinski definition) is 2. The first-order valence-electron chi connectivity index (χ1n) is 9.51. The molecule has 0 bridgehead atoms. The number of hydrazone groups is 1. The fourth-order valence-electron chi connectivity index (χ4n) is 3.04. The van der Waals surface area contributed by atoms with Crippen molar-refractivity contribution in [2.75, 3.05) is 5.32 Å². The van der Waals surface area contributed by atoms with Crippen LogP contribution in [0.25, 0.3) is 0 Å². The van der Waals surface area contributed by atoms with Crippen molar-refractivity contribution in [1.29, 1.82) is 0 Å². The van der Waals surface area contributed by atoms with Crippen LogP contribution in [-0.2, 0) is 9.59 Å². The molecule has 0 aromatic heterocycles. The van der Waals surface area contributed by atoms with Crippen molar-refractivity contribution in [3.63, 3.8) is 0 Å². The van der Waals surface area contributed by atoms with E-state index in [9.17, 15) is 9.59 Å². The summed E-state index contributed by atoms with van der Waals surface area (Å²) >= 11 is 2.19. The van der Waals surface area contributed by atoms with Crippen LogP contribution in [0.4, 0.5) is 5.69 Å². The minimum atomic E-state index is -0.482. The van der Waals surface area contributed by atoms with E-state index in [0.717, 1.165) is 20.4 Å². The van der Waals surface area contributed by atoms with Crippen LogP contribution in [0.1, 0.15) is 30.4 Å². The highest BCUT2D eigenvalue weighted by Crippen LogP contribution is 2.24. The summed E-state index contributed by atoms with van der Waals surface area (Å²) in [5.74, 6) is -0.913. The number of nitrogens with zero attached hydrogens (tertiary/aromatic N) is 1. The zero-order chi connectivity index (χ0) is 21.3. The summed E-state index contributed by atoms with van der Waals surface area (Å²) in [6, 6.07) is 26.7. The van der Waals surface area contributed by atoms with Crippen molar-refractivity contribution in [2.45, 2.75) is 19.3 Å². The van der Waals surface area contributed by atoms with E-state index in [-0.39, 0.29) is 18.2 Å². The molecule has 3 aromatic carbocycles. The van der Waals surface area contributed by atoms with Crippen molar-refractivity contribution < 1.29 is 9.59 Å². The molecule has 152 valence electrons. The van der Waals surface area contributed by atoms with Gasteiger partial charge < -0.3 is 5.32 Å². The molecule has 0 saturated carbocycles. The van der Waals surface area contributed by atoms with Gasteiger partial charge in [0.15, 0.2) is 0 Å². The Hall–Kier alpha value is -3.00. The van der Waals surface area contributed by atoms with E-state index >= 15 is 0 Å². The third-order valence-electron chi connectivity index (χ3n) is 4.41. The molecule has 0 spiro atoms. The highest BCUT2D eigenvalue weighted by molar-refractivity contribution is 14.1. The molecule has 0 fully saturated rings. The first-order valence-corrected chi connectivity index (χ1v) is 10.6. The summed E-state index contributed by atoms with van der Waals surface area (Å²) in [4.78, 5) is 25.2. The van der Waals surface area contributed by atoms with Crippen LogP contribution in [0.15, 0.2) is 90.0 Å². The highest BCUT2D eigenvalue weighted by atomic mass is 127. The number of rotatable bonds is 7. The molecule has 3 aromatic rings. The van der Waals surface area contributed by atoms with Crippen molar-refractivity contribution in [3.05, 3.63) is 99.6 Å². The Labute approximate surface area is 189 Å². The fourth-order valence-corrected chi connectivity index (χ4v) is 3.59. The van der Waals surface area contributed by atoms with Crippen LogP contribution in [0, 0.1) is 3.57 Å². The molecule has 0 aliphatic rings. The normalized spacial score (nSPS) is 11.2. The van der Waals surface area contributed by atoms with E-state index in [1.807, 2.05) is 84.9 Å². The number of anilines is 1. The zero-order valence-electron chi connectivity index (χ0n) is 16.5. The molecular formula is C24H22IN3O2. The number of carbonyl (C=O) groups excluding carboxylic acids is 2. The molecule has 6 heteroatoms. The third kappa shape index (κ3) is 6.25. The third-order valence-corrected chi connectivity index (χ3v) is 5.08. The number of nitrogens with one attached hydrogen (secondary N) is 2. The SMILES string of the molecule is C/C(CC(=O)Nc1cccc(I)c1)=N/NC(=O)C(c1ccccc1)c1ccccc1. The number of benzene rings is 3. The summed E-state index contributed by atoms with van der Waals surface area (Å²) in [5.41, 5.74) is 5.64. The van der Waals surface area contributed by atoms with Crippen molar-refractivity contribution in [2.24, 2.45) is 5.10 Å². The fraction of sp³-hybridized carbons (Fsp3) is 0.125. The second-order valence-electron chi connectivity index (χ2n) is 6.81. The zero-order valence-corrected chi connectivity index (χ0v) is 18.7. The Morgan fingerprint density at radius 2 is 1.50 bits per heavy atom. The Balaban J connectivity index is 1.66. The molecule has 5 nitrogen and oxygen atoms in total. The van der Waals surface area contributed by atoms with E-state index in [4.69, 9.17) is 0 Å². The molecule has 0 aliphatic carbocycles. The van der Waals surface area contributed by atoms with Gasteiger partial charge in [0, 0.05) is 15.0 Å². The maximum absolute atomic E-state index is 12.9. The number of amides is 2. The molecule has 2 N–H and O–H groups in total. The van der Waals surface area contributed by atoms with Gasteiger partial charge in [-0.1, -0.05) is 66.7 Å². The van der Waals surface area contributed by atoms with Crippen LogP contribution in [-0.4, -0.2) is 17.5 Å². The number of halogens is 1. The molecule has 0 atom stereocenters. The molecule has 0 radical (unpaired) electrons. The van der Waals surface area contributed by atoms with Gasteiger partial charge >= 0.3 is 0 Å². The number of carbonyl (C=O) groups is 2. The molecule has 0 aliphatic heterocycles. The Morgan fingerprint density at radius 3 is 2.07 bits per heavy atom. The van der Waals surface area contributed by atoms with Crippen LogP contribution >= 0.6 is 22.6 Å². The first-order chi connectivity index (χ1) is 14.5. The smallest absolute Gasteiger partial charge is 0.252 e. The standard InChI is InChI=1S/C24H22IN3O2/c1-17(15-22(29)26-21-14-8-13-20(25)16-21)27-28-24(30)23(18-9-4-2-5-10-18)19-11-6-3-7-12-19/h2-14,16,23H,15H2,1H3,(H,26,29)(H,28,30)/b27-17-. The quantitative estimate of drug-likeness (QED) is 0.268. The lowest BCUT2D eigenvalue weighted by molar-refractivity contribution is -0.121. The van der Waals surface area contributed by atoms with E-state index in [1.165, 1.54) is 0 Å². The van der Waals surface area contributed by atoms with Crippen molar-refractivity contribution >= 4 is 45.8 Å². The maximum Gasteiger partial charge on any atom is 0.252 e. The summed E-state index contributed by atoms with van der Waals surface area (Å²) in [5, 5.41) is 6.99. The maximum atomic E-state index is 12.9. The monoisotopic (exact) mass is 511 g/mol. The molecular weight excluding hydrogens is 489 g/mol. The van der Waals surface area contributed by atoms with E-state index < -0.39 is 5.92 Å². The van der Waals surface area contributed by atoms with E-state index in [1.54, 1.807) is 6.92 Å². The highest BCUT2D eigenvalue weighted by Gasteiger charge is 2.22. The Morgan fingerprint density at radius 1 is 0.900 bits per heavy atom. The Bertz CT molecular complexity index is 997. The predicted molar refractivity (Wildman–Crippen MR) is 128 cm³/mol. The molecule has 0 unspecified atom stereocenters. The van der Waals surface area contributed by atoms with Crippen molar-refractivity contribution in [3.8, 4) is 0 Å². The summed E-state index contributed by atoms with van der Waals surface area (Å²) < 4.78 is 1.04. The van der Waals surface area contributed by atoms with Gasteiger partial charge in [-0.05, 0) is 58.8 Å². The predicted octanol–water partition coefficient (Wildman–Crippen LogP) is 4.94. The lowest BCUT2D eigenvalue weighted by Crippen LogP contribution is -2.27. The molecule has 0 saturated heterocycles. The van der Waals surface area contributed by atoms with Gasteiger partial charge in [0.1, 0.15) is 0 Å². The van der Waals surface area contributed by atoms with Gasteiger partial charge in [0.05, 0.1) is 12.3 Å². The number of hydrogen-bond acceptors (Lipinski definition) is 3. The summed E-state index contributed by atoms with van der Waals surface area (Å²) in [6.07, 6.45) is 0.0904. The second-order valence-corrected chi connectivity index (χ2v) is 8.06. The van der Waals surface area contributed by atoms with Crippen molar-refractivity contribution in [1.82, 2.24) is 5.43 Å². The average molecular weight is 511 g/mol. The van der Waals surface area contributed by atoms with E-state index in [2.05, 4.69) is 38.4 Å². The van der Waals surface area contributed by atoms with Gasteiger partial charge in [-0.25, -0.2) is 5.43 Å². The van der Waals surface area contributed by atoms with Crippen LogP contribution in [0.2, 0.25) is 0 Å². The average Bonchev–Trinajstić information content (AvgIpc) is 2.74. The topological polar surface area (TPSA) is 70.6 Å². The summed E-state index contributed by atoms with van der Waals surface area (Å²) in [7, 11) is 0. The van der Waals surface area contributed by atoms with E-state index in [0.29, 0.717) is 5.71 Å². The van der Waals surface area contributed by atoms with Crippen LogP contribution in [0.5, 0.6) is 0 Å². The first kappa shape index (κ1) is 21.7. The largest absolute Gasteiger partial charge is 0.326 e. The van der Waals surface area contributed by atoms with Gasteiger partial charge in [0.25, 0.3) is 5.91 Å². The minimum Gasteiger partial charge on any atom is -0.326 e.